The molecule has 0 fully saturated rings. The van der Waals surface area contributed by atoms with Crippen molar-refractivity contribution in [3.8, 4) is 0 Å². The molecule has 1 atom stereocenters. The first-order chi connectivity index (χ1) is 11.1. The van der Waals surface area contributed by atoms with Gasteiger partial charge < -0.3 is 9.88 Å². The van der Waals surface area contributed by atoms with Gasteiger partial charge >= 0.3 is 0 Å². The van der Waals surface area contributed by atoms with Crippen molar-refractivity contribution in [2.24, 2.45) is 7.05 Å². The number of rotatable bonds is 3. The molecule has 3 aromatic rings. The summed E-state index contributed by atoms with van der Waals surface area (Å²) in [5.74, 6) is -0.359. The van der Waals surface area contributed by atoms with Gasteiger partial charge in [0, 0.05) is 29.7 Å². The molecule has 116 valence electrons. The summed E-state index contributed by atoms with van der Waals surface area (Å²) < 4.78 is 1.53. The van der Waals surface area contributed by atoms with Crippen LogP contribution in [0.15, 0.2) is 65.6 Å². The molecule has 1 aromatic heterocycles. The number of amides is 1. The zero-order valence-corrected chi connectivity index (χ0v) is 13.1. The normalized spacial score (nSPS) is 12.1. The van der Waals surface area contributed by atoms with E-state index in [0.717, 1.165) is 10.9 Å². The van der Waals surface area contributed by atoms with Gasteiger partial charge in [-0.1, -0.05) is 36.4 Å². The number of nitrogens with zero attached hydrogens (tertiary/aromatic N) is 1. The molecule has 1 N–H and O–H groups in total. The molecule has 4 nitrogen and oxygen atoms in total. The molecule has 23 heavy (non-hydrogen) atoms. The van der Waals surface area contributed by atoms with Gasteiger partial charge in [-0.25, -0.2) is 0 Å². The van der Waals surface area contributed by atoms with Crippen LogP contribution in [0.3, 0.4) is 0 Å². The highest BCUT2D eigenvalue weighted by molar-refractivity contribution is 6.03. The smallest absolute Gasteiger partial charge is 0.258 e. The Labute approximate surface area is 134 Å². The largest absolute Gasteiger partial charge is 0.325 e. The Balaban J connectivity index is 1.94. The van der Waals surface area contributed by atoms with Crippen molar-refractivity contribution in [2.75, 3.05) is 5.32 Å². The van der Waals surface area contributed by atoms with Crippen LogP contribution >= 0.6 is 0 Å². The standard InChI is InChI=1S/C19H18N2O2/c1-13(14-7-4-3-5-8-14)18(22)20-17-10-6-9-16-15(17)11-12-21(2)19(16)23/h3-13H,1-2H3,(H,20,22). The highest BCUT2D eigenvalue weighted by Crippen LogP contribution is 2.23. The molecule has 0 saturated carbocycles. The summed E-state index contributed by atoms with van der Waals surface area (Å²) in [4.78, 5) is 24.7. The van der Waals surface area contributed by atoms with Crippen molar-refractivity contribution in [2.45, 2.75) is 12.8 Å². The van der Waals surface area contributed by atoms with E-state index in [4.69, 9.17) is 0 Å². The molecule has 1 unspecified atom stereocenters. The van der Waals surface area contributed by atoms with Gasteiger partial charge in [-0.3, -0.25) is 9.59 Å². The summed E-state index contributed by atoms with van der Waals surface area (Å²) >= 11 is 0. The molecule has 0 saturated heterocycles. The van der Waals surface area contributed by atoms with Crippen molar-refractivity contribution >= 4 is 22.4 Å². The molecule has 0 aliphatic rings. The quantitative estimate of drug-likeness (QED) is 0.807. The number of anilines is 1. The summed E-state index contributed by atoms with van der Waals surface area (Å²) in [6.07, 6.45) is 1.71. The monoisotopic (exact) mass is 306 g/mol. The van der Waals surface area contributed by atoms with Gasteiger partial charge in [0.2, 0.25) is 5.91 Å². The van der Waals surface area contributed by atoms with Crippen LogP contribution < -0.4 is 10.9 Å². The molecule has 1 heterocycles. The van der Waals surface area contributed by atoms with Crippen LogP contribution in [0.4, 0.5) is 5.69 Å². The van der Waals surface area contributed by atoms with Gasteiger partial charge in [0.1, 0.15) is 0 Å². The van der Waals surface area contributed by atoms with Crippen LogP contribution in [0.1, 0.15) is 18.4 Å². The first kappa shape index (κ1) is 15.0. The minimum atomic E-state index is -0.266. The van der Waals surface area contributed by atoms with Gasteiger partial charge in [-0.05, 0) is 30.7 Å². The summed E-state index contributed by atoms with van der Waals surface area (Å²) in [6.45, 7) is 1.87. The average Bonchev–Trinajstić information content (AvgIpc) is 2.58. The lowest BCUT2D eigenvalue weighted by Crippen LogP contribution is -2.20. The van der Waals surface area contributed by atoms with E-state index in [0.29, 0.717) is 11.1 Å². The average molecular weight is 306 g/mol. The van der Waals surface area contributed by atoms with Crippen molar-refractivity contribution in [1.29, 1.82) is 0 Å². The summed E-state index contributed by atoms with van der Waals surface area (Å²) in [6, 6.07) is 16.8. The van der Waals surface area contributed by atoms with Gasteiger partial charge in [-0.15, -0.1) is 0 Å². The van der Waals surface area contributed by atoms with Gasteiger partial charge in [0.05, 0.1) is 5.92 Å². The lowest BCUT2D eigenvalue weighted by molar-refractivity contribution is -0.117. The second-order valence-electron chi connectivity index (χ2n) is 5.62. The maximum atomic E-state index is 12.5. The topological polar surface area (TPSA) is 51.1 Å². The summed E-state index contributed by atoms with van der Waals surface area (Å²) in [5.41, 5.74) is 1.55. The van der Waals surface area contributed by atoms with E-state index < -0.39 is 0 Å². The number of aryl methyl sites for hydroxylation is 1. The fourth-order valence-electron chi connectivity index (χ4n) is 2.62. The van der Waals surface area contributed by atoms with E-state index in [-0.39, 0.29) is 17.4 Å². The van der Waals surface area contributed by atoms with Crippen molar-refractivity contribution < 1.29 is 4.79 Å². The van der Waals surface area contributed by atoms with Crippen molar-refractivity contribution in [3.63, 3.8) is 0 Å². The zero-order chi connectivity index (χ0) is 16.4. The SMILES string of the molecule is CC(C(=O)Nc1cccc2c(=O)n(C)ccc12)c1ccccc1. The number of nitrogens with one attached hydrogen (secondary N) is 1. The van der Waals surface area contributed by atoms with Gasteiger partial charge in [-0.2, -0.15) is 0 Å². The first-order valence-electron chi connectivity index (χ1n) is 7.52. The molecule has 0 radical (unpaired) electrons. The van der Waals surface area contributed by atoms with Crippen LogP contribution in [-0.4, -0.2) is 10.5 Å². The maximum Gasteiger partial charge on any atom is 0.258 e. The van der Waals surface area contributed by atoms with Crippen molar-refractivity contribution in [1.82, 2.24) is 4.57 Å². The number of fused-ring (bicyclic) bond motifs is 1. The van der Waals surface area contributed by atoms with E-state index in [1.807, 2.05) is 49.4 Å². The summed E-state index contributed by atoms with van der Waals surface area (Å²) in [7, 11) is 1.71. The molecular formula is C19H18N2O2. The van der Waals surface area contributed by atoms with Gasteiger partial charge in [0.15, 0.2) is 0 Å². The van der Waals surface area contributed by atoms with Crippen LogP contribution in [0, 0.1) is 0 Å². The summed E-state index contributed by atoms with van der Waals surface area (Å²) in [5, 5.41) is 4.29. The number of aromatic nitrogens is 1. The number of carbonyl (C=O) groups excluding carboxylic acids is 1. The fourth-order valence-corrected chi connectivity index (χ4v) is 2.62. The Morgan fingerprint density at radius 2 is 1.74 bits per heavy atom. The maximum absolute atomic E-state index is 12.5. The fraction of sp³-hybridized carbons (Fsp3) is 0.158. The van der Waals surface area contributed by atoms with Crippen LogP contribution in [0.5, 0.6) is 0 Å². The third-order valence-electron chi connectivity index (χ3n) is 4.07. The van der Waals surface area contributed by atoms with Crippen LogP contribution in [0.25, 0.3) is 10.8 Å². The van der Waals surface area contributed by atoms with E-state index >= 15 is 0 Å². The molecule has 0 spiro atoms. The third-order valence-corrected chi connectivity index (χ3v) is 4.07. The minimum absolute atomic E-state index is 0.0743. The Hall–Kier alpha value is -2.88. The molecule has 3 rings (SSSR count). The van der Waals surface area contributed by atoms with E-state index in [9.17, 15) is 9.59 Å². The number of pyridine rings is 1. The Bertz CT molecular complexity index is 914. The molecular weight excluding hydrogens is 288 g/mol. The van der Waals surface area contributed by atoms with Crippen molar-refractivity contribution in [3.05, 3.63) is 76.7 Å². The van der Waals surface area contributed by atoms with E-state index in [2.05, 4.69) is 5.32 Å². The lowest BCUT2D eigenvalue weighted by Gasteiger charge is -2.14. The van der Waals surface area contributed by atoms with Crippen LogP contribution in [0.2, 0.25) is 0 Å². The predicted molar refractivity (Wildman–Crippen MR) is 92.7 cm³/mol. The molecule has 1 amide bonds. The molecule has 0 bridgehead atoms. The van der Waals surface area contributed by atoms with Crippen LogP contribution in [-0.2, 0) is 11.8 Å². The second-order valence-corrected chi connectivity index (χ2v) is 5.62. The van der Waals surface area contributed by atoms with E-state index in [1.54, 1.807) is 25.4 Å². The Morgan fingerprint density at radius 1 is 1.00 bits per heavy atom. The number of benzene rings is 2. The lowest BCUT2D eigenvalue weighted by atomic mass is 10.00. The minimum Gasteiger partial charge on any atom is -0.325 e. The number of hydrogen-bond donors (Lipinski definition) is 1. The molecule has 0 aliphatic heterocycles. The van der Waals surface area contributed by atoms with E-state index in [1.165, 1.54) is 4.57 Å². The third kappa shape index (κ3) is 2.88. The molecule has 2 aromatic carbocycles. The predicted octanol–water partition coefficient (Wildman–Crippen LogP) is 3.28. The van der Waals surface area contributed by atoms with Gasteiger partial charge in [0.25, 0.3) is 5.56 Å². The highest BCUT2D eigenvalue weighted by atomic mass is 16.2. The molecule has 0 aliphatic carbocycles. The Morgan fingerprint density at radius 3 is 2.48 bits per heavy atom. The number of hydrogen-bond acceptors (Lipinski definition) is 2. The highest BCUT2D eigenvalue weighted by Gasteiger charge is 2.16. The number of carbonyl (C=O) groups is 1. The first-order valence-corrected chi connectivity index (χ1v) is 7.52. The Kier molecular flexibility index (Phi) is 3.98. The second kappa shape index (κ2) is 6.08. The zero-order valence-electron chi connectivity index (χ0n) is 13.1. The molecule has 4 heteroatoms.